The Balaban J connectivity index is 1.49. The van der Waals surface area contributed by atoms with E-state index in [1.165, 1.54) is 55.2 Å². The van der Waals surface area contributed by atoms with Gasteiger partial charge in [-0.25, -0.2) is 4.79 Å². The van der Waals surface area contributed by atoms with E-state index in [9.17, 15) is 4.79 Å². The van der Waals surface area contributed by atoms with Gasteiger partial charge in [-0.15, -0.1) is 0 Å². The van der Waals surface area contributed by atoms with Crippen LogP contribution in [-0.2, 0) is 5.41 Å². The van der Waals surface area contributed by atoms with Gasteiger partial charge < -0.3 is 9.84 Å². The molecule has 2 aromatic carbocycles. The van der Waals surface area contributed by atoms with Crippen molar-refractivity contribution < 1.29 is 14.6 Å². The standard InChI is InChI=1S/C27H30O3/c1-17(9-18-3-5-22(6-4-18)26(28)29)23-7-8-25(30-2)24(13-23)27-14-19-10-20(15-27)12-21(11-19)16-27/h3-9,13,19-21H,10-12,14-16H2,1-2H3,(H,28,29)/b17-9-. The lowest BCUT2D eigenvalue weighted by molar-refractivity contribution is -0.00616. The van der Waals surface area contributed by atoms with Crippen molar-refractivity contribution in [2.24, 2.45) is 17.8 Å². The molecule has 2 aromatic rings. The summed E-state index contributed by atoms with van der Waals surface area (Å²) in [5.41, 5.74) is 5.45. The molecule has 0 heterocycles. The highest BCUT2D eigenvalue weighted by molar-refractivity contribution is 5.88. The number of benzene rings is 2. The van der Waals surface area contributed by atoms with E-state index in [4.69, 9.17) is 9.84 Å². The lowest BCUT2D eigenvalue weighted by atomic mass is 9.48. The fraction of sp³-hybridized carbons (Fsp3) is 0.444. The van der Waals surface area contributed by atoms with Crippen LogP contribution in [0.1, 0.15) is 72.5 Å². The summed E-state index contributed by atoms with van der Waals surface area (Å²) in [5, 5.41) is 9.10. The Hall–Kier alpha value is -2.55. The van der Waals surface area contributed by atoms with Gasteiger partial charge >= 0.3 is 5.97 Å². The predicted molar refractivity (Wildman–Crippen MR) is 120 cm³/mol. The van der Waals surface area contributed by atoms with E-state index in [0.717, 1.165) is 29.1 Å². The second-order valence-electron chi connectivity index (χ2n) is 9.87. The molecule has 4 saturated carbocycles. The number of allylic oxidation sites excluding steroid dienone is 1. The zero-order valence-electron chi connectivity index (χ0n) is 17.9. The Morgan fingerprint density at radius 2 is 1.53 bits per heavy atom. The number of hydrogen-bond acceptors (Lipinski definition) is 2. The summed E-state index contributed by atoms with van der Waals surface area (Å²) in [6.07, 6.45) is 10.4. The zero-order valence-corrected chi connectivity index (χ0v) is 17.9. The Bertz CT molecular complexity index is 964. The van der Waals surface area contributed by atoms with Crippen molar-refractivity contribution in [2.75, 3.05) is 7.11 Å². The fourth-order valence-electron chi connectivity index (χ4n) is 6.86. The van der Waals surface area contributed by atoms with E-state index < -0.39 is 5.97 Å². The average Bonchev–Trinajstić information content (AvgIpc) is 2.72. The van der Waals surface area contributed by atoms with Crippen molar-refractivity contribution in [3.05, 3.63) is 64.7 Å². The fourth-order valence-corrected chi connectivity index (χ4v) is 6.86. The predicted octanol–water partition coefficient (Wildman–Crippen LogP) is 6.42. The molecule has 4 aliphatic rings. The molecule has 0 spiro atoms. The van der Waals surface area contributed by atoms with Crippen LogP contribution in [0.2, 0.25) is 0 Å². The summed E-state index contributed by atoms with van der Waals surface area (Å²) in [5.74, 6) is 2.84. The maximum Gasteiger partial charge on any atom is 0.335 e. The van der Waals surface area contributed by atoms with Crippen LogP contribution in [0.15, 0.2) is 42.5 Å². The molecule has 0 amide bonds. The number of carboxylic acids is 1. The Kier molecular flexibility index (Phi) is 4.72. The molecule has 0 saturated heterocycles. The number of ether oxygens (including phenoxy) is 1. The molecule has 4 bridgehead atoms. The highest BCUT2D eigenvalue weighted by atomic mass is 16.5. The molecule has 0 unspecified atom stereocenters. The van der Waals surface area contributed by atoms with E-state index in [2.05, 4.69) is 31.2 Å². The highest BCUT2D eigenvalue weighted by Crippen LogP contribution is 2.62. The molecule has 3 nitrogen and oxygen atoms in total. The number of carboxylic acid groups (broad SMARTS) is 1. The highest BCUT2D eigenvalue weighted by Gasteiger charge is 2.52. The van der Waals surface area contributed by atoms with Gasteiger partial charge in [0.05, 0.1) is 12.7 Å². The number of aromatic carboxylic acids is 1. The van der Waals surface area contributed by atoms with Crippen molar-refractivity contribution in [2.45, 2.75) is 50.9 Å². The van der Waals surface area contributed by atoms with Crippen molar-refractivity contribution in [1.82, 2.24) is 0 Å². The molecule has 6 rings (SSSR count). The molecule has 0 aromatic heterocycles. The van der Waals surface area contributed by atoms with Gasteiger partial charge in [0.1, 0.15) is 5.75 Å². The summed E-state index contributed by atoms with van der Waals surface area (Å²) in [4.78, 5) is 11.1. The Labute approximate surface area is 178 Å². The first-order valence-electron chi connectivity index (χ1n) is 11.2. The van der Waals surface area contributed by atoms with Crippen LogP contribution in [0.5, 0.6) is 5.75 Å². The topological polar surface area (TPSA) is 46.5 Å². The number of methoxy groups -OCH3 is 1. The molecule has 30 heavy (non-hydrogen) atoms. The first-order valence-corrected chi connectivity index (χ1v) is 11.2. The molecular formula is C27H30O3. The van der Waals surface area contributed by atoms with Crippen LogP contribution >= 0.6 is 0 Å². The van der Waals surface area contributed by atoms with Gasteiger partial charge in [0, 0.05) is 5.56 Å². The van der Waals surface area contributed by atoms with E-state index in [1.54, 1.807) is 19.2 Å². The van der Waals surface area contributed by atoms with Gasteiger partial charge in [0.25, 0.3) is 0 Å². The second kappa shape index (κ2) is 7.30. The molecule has 1 N–H and O–H groups in total. The van der Waals surface area contributed by atoms with E-state index in [1.807, 2.05) is 12.1 Å². The maximum absolute atomic E-state index is 11.1. The molecular weight excluding hydrogens is 372 g/mol. The van der Waals surface area contributed by atoms with Gasteiger partial charge in [-0.2, -0.15) is 0 Å². The molecule has 0 atom stereocenters. The number of rotatable bonds is 5. The molecule has 156 valence electrons. The quantitative estimate of drug-likeness (QED) is 0.587. The summed E-state index contributed by atoms with van der Waals surface area (Å²) in [6, 6.07) is 13.7. The maximum atomic E-state index is 11.1. The van der Waals surface area contributed by atoms with E-state index in [0.29, 0.717) is 11.0 Å². The minimum absolute atomic E-state index is 0.291. The Morgan fingerprint density at radius 3 is 2.07 bits per heavy atom. The number of carbonyl (C=O) groups is 1. The first kappa shape index (κ1) is 19.4. The van der Waals surface area contributed by atoms with Gasteiger partial charge in [0.15, 0.2) is 0 Å². The smallest absolute Gasteiger partial charge is 0.335 e. The third kappa shape index (κ3) is 3.34. The summed E-state index contributed by atoms with van der Waals surface area (Å²) in [6.45, 7) is 2.14. The lowest BCUT2D eigenvalue weighted by Gasteiger charge is -2.57. The molecule has 4 aliphatic carbocycles. The zero-order chi connectivity index (χ0) is 20.9. The molecule has 3 heteroatoms. The van der Waals surface area contributed by atoms with E-state index >= 15 is 0 Å². The Morgan fingerprint density at radius 1 is 0.967 bits per heavy atom. The lowest BCUT2D eigenvalue weighted by Crippen LogP contribution is -2.48. The van der Waals surface area contributed by atoms with Gasteiger partial charge in [-0.3, -0.25) is 0 Å². The van der Waals surface area contributed by atoms with Gasteiger partial charge in [0.2, 0.25) is 0 Å². The van der Waals surface area contributed by atoms with Crippen molar-refractivity contribution in [3.63, 3.8) is 0 Å². The third-order valence-corrected chi connectivity index (χ3v) is 7.81. The molecule has 0 aliphatic heterocycles. The van der Waals surface area contributed by atoms with Gasteiger partial charge in [-0.1, -0.05) is 24.3 Å². The normalized spacial score (nSPS) is 29.8. The second-order valence-corrected chi connectivity index (χ2v) is 9.87. The number of hydrogen-bond donors (Lipinski definition) is 1. The summed E-state index contributed by atoms with van der Waals surface area (Å²) < 4.78 is 5.85. The molecule has 0 radical (unpaired) electrons. The average molecular weight is 403 g/mol. The van der Waals surface area contributed by atoms with Crippen LogP contribution in [-0.4, -0.2) is 18.2 Å². The minimum atomic E-state index is -0.891. The third-order valence-electron chi connectivity index (χ3n) is 7.81. The van der Waals surface area contributed by atoms with Crippen molar-refractivity contribution in [1.29, 1.82) is 0 Å². The van der Waals surface area contributed by atoms with Gasteiger partial charge in [-0.05, 0) is 110 Å². The first-order chi connectivity index (χ1) is 14.5. The van der Waals surface area contributed by atoms with Crippen molar-refractivity contribution in [3.8, 4) is 5.75 Å². The largest absolute Gasteiger partial charge is 0.496 e. The monoisotopic (exact) mass is 402 g/mol. The van der Waals surface area contributed by atoms with Crippen LogP contribution in [0, 0.1) is 17.8 Å². The molecule has 4 fully saturated rings. The minimum Gasteiger partial charge on any atom is -0.496 e. The van der Waals surface area contributed by atoms with Crippen LogP contribution < -0.4 is 4.74 Å². The summed E-state index contributed by atoms with van der Waals surface area (Å²) in [7, 11) is 1.80. The SMILES string of the molecule is COc1ccc(/C(C)=C\c2ccc(C(=O)O)cc2)cc1C12CC3CC(CC(C3)C1)C2. The van der Waals surface area contributed by atoms with Crippen molar-refractivity contribution >= 4 is 17.6 Å². The van der Waals surface area contributed by atoms with Crippen LogP contribution in [0.4, 0.5) is 0 Å². The summed E-state index contributed by atoms with van der Waals surface area (Å²) >= 11 is 0. The van der Waals surface area contributed by atoms with E-state index in [-0.39, 0.29) is 0 Å². The van der Waals surface area contributed by atoms with Crippen LogP contribution in [0.25, 0.3) is 11.6 Å². The van der Waals surface area contributed by atoms with Crippen LogP contribution in [0.3, 0.4) is 0 Å².